The fourth-order valence-corrected chi connectivity index (χ4v) is 2.08. The number of aromatic nitrogens is 1. The Bertz CT molecular complexity index is 504. The molecule has 0 spiro atoms. The van der Waals surface area contributed by atoms with Crippen LogP contribution in [-0.4, -0.2) is 51.0 Å². The summed E-state index contributed by atoms with van der Waals surface area (Å²) >= 11 is 0. The second-order valence-corrected chi connectivity index (χ2v) is 5.14. The predicted molar refractivity (Wildman–Crippen MR) is 65.5 cm³/mol. The summed E-state index contributed by atoms with van der Waals surface area (Å²) in [5.41, 5.74) is -1.46. The maximum atomic E-state index is 11.9. The Labute approximate surface area is 109 Å². The van der Waals surface area contributed by atoms with Crippen molar-refractivity contribution in [3.63, 3.8) is 0 Å². The summed E-state index contributed by atoms with van der Waals surface area (Å²) in [4.78, 5) is 24.3. The van der Waals surface area contributed by atoms with Crippen molar-refractivity contribution < 1.29 is 19.5 Å². The van der Waals surface area contributed by atoms with Gasteiger partial charge in [-0.2, -0.15) is 5.16 Å². The quantitative estimate of drug-likeness (QED) is 0.669. The van der Waals surface area contributed by atoms with E-state index in [1.165, 1.54) is 11.0 Å². The van der Waals surface area contributed by atoms with Crippen molar-refractivity contribution >= 4 is 5.91 Å². The first-order valence-corrected chi connectivity index (χ1v) is 6.24. The Balaban J connectivity index is 1.86. The number of hydrogen-bond acceptors (Lipinski definition) is 5. The van der Waals surface area contributed by atoms with Crippen molar-refractivity contribution in [1.82, 2.24) is 10.1 Å². The third kappa shape index (κ3) is 3.24. The summed E-state index contributed by atoms with van der Waals surface area (Å²) in [7, 11) is 0. The zero-order valence-electron chi connectivity index (χ0n) is 10.8. The zero-order valence-corrected chi connectivity index (χ0v) is 10.8. The van der Waals surface area contributed by atoms with E-state index in [2.05, 4.69) is 5.16 Å². The summed E-state index contributed by atoms with van der Waals surface area (Å²) in [5.74, 6) is 0.307. The van der Waals surface area contributed by atoms with E-state index in [0.29, 0.717) is 25.1 Å². The number of β-amino-alcohol motifs (C(OH)–C–C–N with tert-alkyl or cyclic N) is 1. The fraction of sp³-hybridized carbons (Fsp3) is 0.667. The lowest BCUT2D eigenvalue weighted by Crippen LogP contribution is -2.55. The van der Waals surface area contributed by atoms with Gasteiger partial charge in [-0.15, -0.1) is 0 Å². The lowest BCUT2D eigenvalue weighted by atomic mass is 9.90. The summed E-state index contributed by atoms with van der Waals surface area (Å²) in [6.45, 7) is 2.11. The number of amides is 1. The van der Waals surface area contributed by atoms with Crippen molar-refractivity contribution in [2.45, 2.75) is 37.9 Å². The lowest BCUT2D eigenvalue weighted by Gasteiger charge is -2.39. The van der Waals surface area contributed by atoms with Gasteiger partial charge < -0.3 is 19.6 Å². The number of hydrogen-bond donors (Lipinski definition) is 3. The molecular weight excluding hydrogens is 252 g/mol. The van der Waals surface area contributed by atoms with E-state index in [0.717, 1.165) is 0 Å². The van der Waals surface area contributed by atoms with Gasteiger partial charge in [0.15, 0.2) is 0 Å². The van der Waals surface area contributed by atoms with Crippen LogP contribution in [0.3, 0.4) is 0 Å². The predicted octanol–water partition coefficient (Wildman–Crippen LogP) is -0.755. The third-order valence-electron chi connectivity index (χ3n) is 3.51. The van der Waals surface area contributed by atoms with Gasteiger partial charge in [-0.1, -0.05) is 0 Å². The number of rotatable bonds is 3. The summed E-state index contributed by atoms with van der Waals surface area (Å²) in [5, 5.41) is 21.7. The Kier molecular flexibility index (Phi) is 3.77. The van der Waals surface area contributed by atoms with Crippen LogP contribution in [-0.2, 0) is 11.2 Å². The van der Waals surface area contributed by atoms with E-state index in [1.807, 2.05) is 0 Å². The van der Waals surface area contributed by atoms with Crippen LogP contribution in [0.5, 0.6) is 0 Å². The molecule has 0 unspecified atom stereocenters. The molecule has 1 saturated heterocycles. The van der Waals surface area contributed by atoms with E-state index < -0.39 is 11.7 Å². The zero-order chi connectivity index (χ0) is 14.0. The number of H-pyrrole nitrogens is 1. The van der Waals surface area contributed by atoms with Crippen LogP contribution >= 0.6 is 0 Å². The Morgan fingerprint density at radius 2 is 2.42 bits per heavy atom. The summed E-state index contributed by atoms with van der Waals surface area (Å²) < 4.78 is 4.86. The molecule has 7 heteroatoms. The van der Waals surface area contributed by atoms with Gasteiger partial charge in [0.05, 0.1) is 11.7 Å². The molecule has 2 atom stereocenters. The minimum absolute atomic E-state index is 0.126. The second kappa shape index (κ2) is 5.18. The van der Waals surface area contributed by atoms with E-state index in [4.69, 9.17) is 4.52 Å². The Morgan fingerprint density at radius 3 is 3.00 bits per heavy atom. The number of aromatic amines is 1. The smallest absolute Gasteiger partial charge is 0.280 e. The Hall–Kier alpha value is -1.60. The molecular formula is C12H18N2O5. The van der Waals surface area contributed by atoms with Crippen LogP contribution in [0.2, 0.25) is 0 Å². The van der Waals surface area contributed by atoms with Gasteiger partial charge in [0.1, 0.15) is 5.76 Å². The van der Waals surface area contributed by atoms with Gasteiger partial charge >= 0.3 is 0 Å². The molecule has 1 amide bonds. The Morgan fingerprint density at radius 1 is 1.68 bits per heavy atom. The molecule has 0 aliphatic carbocycles. The first-order valence-electron chi connectivity index (χ1n) is 6.24. The maximum Gasteiger partial charge on any atom is 0.280 e. The highest BCUT2D eigenvalue weighted by Crippen LogP contribution is 2.22. The lowest BCUT2D eigenvalue weighted by molar-refractivity contribution is -0.146. The SMILES string of the molecule is C[C@]1(O)CCN(C(=O)CCc2cc(=O)[nH]o2)C[C@@H]1O. The molecule has 1 aliphatic heterocycles. The van der Waals surface area contributed by atoms with E-state index >= 15 is 0 Å². The molecule has 0 radical (unpaired) electrons. The van der Waals surface area contributed by atoms with Crippen LogP contribution in [0.25, 0.3) is 0 Å². The molecule has 1 aromatic heterocycles. The average molecular weight is 270 g/mol. The molecule has 1 aromatic rings. The van der Waals surface area contributed by atoms with Crippen molar-refractivity contribution in [1.29, 1.82) is 0 Å². The fourth-order valence-electron chi connectivity index (χ4n) is 2.08. The van der Waals surface area contributed by atoms with Gasteiger partial charge in [-0.05, 0) is 13.3 Å². The number of piperidine rings is 1. The molecule has 19 heavy (non-hydrogen) atoms. The van der Waals surface area contributed by atoms with Crippen LogP contribution in [0, 0.1) is 0 Å². The van der Waals surface area contributed by atoms with Gasteiger partial charge in [0, 0.05) is 32.0 Å². The molecule has 2 heterocycles. The maximum absolute atomic E-state index is 11.9. The number of aryl methyl sites for hydroxylation is 1. The van der Waals surface area contributed by atoms with E-state index in [9.17, 15) is 19.8 Å². The molecule has 106 valence electrons. The van der Waals surface area contributed by atoms with Crippen molar-refractivity contribution in [2.75, 3.05) is 13.1 Å². The topological polar surface area (TPSA) is 107 Å². The van der Waals surface area contributed by atoms with Gasteiger partial charge in [-0.25, -0.2) is 0 Å². The number of likely N-dealkylation sites (tertiary alicyclic amines) is 1. The molecule has 0 aromatic carbocycles. The summed E-state index contributed by atoms with van der Waals surface area (Å²) in [6.07, 6.45) is -0.0505. The van der Waals surface area contributed by atoms with Crippen LogP contribution < -0.4 is 5.56 Å². The standard InChI is InChI=1S/C12H18N2O5/c1-12(18)4-5-14(7-9(12)15)11(17)3-2-8-6-10(16)13-19-8/h6,9,15,18H,2-5,7H2,1H3,(H,13,16)/t9-,12-/m0/s1. The second-order valence-electron chi connectivity index (χ2n) is 5.14. The first kappa shape index (κ1) is 13.8. The molecule has 2 rings (SSSR count). The molecule has 3 N–H and O–H groups in total. The first-order chi connectivity index (χ1) is 8.88. The van der Waals surface area contributed by atoms with E-state index in [1.54, 1.807) is 6.92 Å². The summed E-state index contributed by atoms with van der Waals surface area (Å²) in [6, 6.07) is 1.31. The molecule has 0 saturated carbocycles. The number of carbonyl (C=O) groups excluding carboxylic acids is 1. The van der Waals surface area contributed by atoms with Crippen LogP contribution in [0.1, 0.15) is 25.5 Å². The minimum Gasteiger partial charge on any atom is -0.388 e. The number of aliphatic hydroxyl groups excluding tert-OH is 1. The highest BCUT2D eigenvalue weighted by atomic mass is 16.5. The minimum atomic E-state index is -1.13. The number of nitrogens with zero attached hydrogens (tertiary/aromatic N) is 1. The number of nitrogens with one attached hydrogen (secondary N) is 1. The van der Waals surface area contributed by atoms with Gasteiger partial charge in [0.25, 0.3) is 5.56 Å². The highest BCUT2D eigenvalue weighted by Gasteiger charge is 2.37. The van der Waals surface area contributed by atoms with E-state index in [-0.39, 0.29) is 24.4 Å². The molecule has 0 bridgehead atoms. The average Bonchev–Trinajstić information content (AvgIpc) is 2.76. The molecule has 7 nitrogen and oxygen atoms in total. The highest BCUT2D eigenvalue weighted by molar-refractivity contribution is 5.76. The van der Waals surface area contributed by atoms with Gasteiger partial charge in [0.2, 0.25) is 5.91 Å². The largest absolute Gasteiger partial charge is 0.388 e. The van der Waals surface area contributed by atoms with Crippen LogP contribution in [0.4, 0.5) is 0 Å². The number of carbonyl (C=O) groups is 1. The van der Waals surface area contributed by atoms with Crippen molar-refractivity contribution in [3.8, 4) is 0 Å². The molecule has 1 fully saturated rings. The number of aliphatic hydroxyl groups is 2. The van der Waals surface area contributed by atoms with Crippen molar-refractivity contribution in [3.05, 3.63) is 22.2 Å². The van der Waals surface area contributed by atoms with Crippen molar-refractivity contribution in [2.24, 2.45) is 0 Å². The third-order valence-corrected chi connectivity index (χ3v) is 3.51. The van der Waals surface area contributed by atoms with Gasteiger partial charge in [-0.3, -0.25) is 9.59 Å². The monoisotopic (exact) mass is 270 g/mol. The normalized spacial score (nSPS) is 27.5. The molecule has 1 aliphatic rings. The van der Waals surface area contributed by atoms with Crippen LogP contribution in [0.15, 0.2) is 15.4 Å².